The zero-order valence-corrected chi connectivity index (χ0v) is 12.3. The van der Waals surface area contributed by atoms with Gasteiger partial charge in [-0.1, -0.05) is 38.1 Å². The molecule has 2 nitrogen and oxygen atoms in total. The van der Waals surface area contributed by atoms with Gasteiger partial charge >= 0.3 is 0 Å². The van der Waals surface area contributed by atoms with E-state index in [0.717, 1.165) is 18.4 Å². The molecule has 2 atom stereocenters. The van der Waals surface area contributed by atoms with Crippen molar-refractivity contribution < 1.29 is 5.11 Å². The number of phenols is 1. The molecule has 0 fully saturated rings. The fourth-order valence-electron chi connectivity index (χ4n) is 2.34. The van der Waals surface area contributed by atoms with Crippen LogP contribution >= 0.6 is 11.3 Å². The molecule has 1 aromatic carbocycles. The van der Waals surface area contributed by atoms with Gasteiger partial charge in [-0.2, -0.15) is 0 Å². The normalized spacial score (nSPS) is 14.2. The fraction of sp³-hybridized carbons (Fsp3) is 0.375. The average Bonchev–Trinajstić information content (AvgIpc) is 2.95. The number of benzene rings is 1. The molecule has 0 bridgehead atoms. The van der Waals surface area contributed by atoms with Crippen molar-refractivity contribution in [2.75, 3.05) is 0 Å². The van der Waals surface area contributed by atoms with E-state index in [1.165, 1.54) is 4.88 Å². The summed E-state index contributed by atoms with van der Waals surface area (Å²) < 4.78 is 0. The maximum Gasteiger partial charge on any atom is 0.120 e. The van der Waals surface area contributed by atoms with E-state index >= 15 is 0 Å². The van der Waals surface area contributed by atoms with Crippen LogP contribution in [0.5, 0.6) is 5.75 Å². The maximum absolute atomic E-state index is 9.99. The van der Waals surface area contributed by atoms with Crippen LogP contribution in [-0.2, 0) is 0 Å². The minimum Gasteiger partial charge on any atom is -0.508 e. The summed E-state index contributed by atoms with van der Waals surface area (Å²) in [6.45, 7) is 4.33. The summed E-state index contributed by atoms with van der Waals surface area (Å²) in [6, 6.07) is 12.4. The number of rotatable bonds is 6. The first-order valence-electron chi connectivity index (χ1n) is 6.83. The number of thiophene rings is 1. The summed E-state index contributed by atoms with van der Waals surface area (Å²) >= 11 is 1.78. The van der Waals surface area contributed by atoms with Crippen LogP contribution < -0.4 is 5.32 Å². The van der Waals surface area contributed by atoms with Gasteiger partial charge in [-0.25, -0.2) is 0 Å². The van der Waals surface area contributed by atoms with E-state index in [1.807, 2.05) is 18.2 Å². The Morgan fingerprint density at radius 1 is 1.05 bits per heavy atom. The molecule has 19 heavy (non-hydrogen) atoms. The first-order chi connectivity index (χ1) is 9.26. The molecule has 2 unspecified atom stereocenters. The SMILES string of the molecule is CCC(NC(CC)c1ccccc1O)c1cccs1. The monoisotopic (exact) mass is 275 g/mol. The maximum atomic E-state index is 9.99. The number of aromatic hydroxyl groups is 1. The van der Waals surface area contributed by atoms with Gasteiger partial charge < -0.3 is 10.4 Å². The zero-order valence-electron chi connectivity index (χ0n) is 11.5. The topological polar surface area (TPSA) is 32.3 Å². The van der Waals surface area contributed by atoms with Crippen LogP contribution in [0.15, 0.2) is 41.8 Å². The molecule has 0 radical (unpaired) electrons. The van der Waals surface area contributed by atoms with Crippen LogP contribution in [0, 0.1) is 0 Å². The lowest BCUT2D eigenvalue weighted by Gasteiger charge is -2.24. The Bertz CT molecular complexity index is 495. The van der Waals surface area contributed by atoms with Crippen LogP contribution in [0.2, 0.25) is 0 Å². The standard InChI is InChI=1S/C16H21NOS/c1-3-13(12-8-5-6-9-15(12)18)17-14(4-2)16-10-7-11-19-16/h5-11,13-14,17-18H,3-4H2,1-2H3. The Morgan fingerprint density at radius 3 is 2.37 bits per heavy atom. The van der Waals surface area contributed by atoms with Crippen LogP contribution in [0.1, 0.15) is 49.2 Å². The lowest BCUT2D eigenvalue weighted by atomic mass is 10.0. The summed E-state index contributed by atoms with van der Waals surface area (Å²) in [4.78, 5) is 1.36. The van der Waals surface area contributed by atoms with Crippen molar-refractivity contribution in [3.8, 4) is 5.75 Å². The van der Waals surface area contributed by atoms with Crippen LogP contribution in [0.3, 0.4) is 0 Å². The van der Waals surface area contributed by atoms with Crippen LogP contribution in [0.25, 0.3) is 0 Å². The molecule has 0 aliphatic rings. The van der Waals surface area contributed by atoms with Crippen molar-refractivity contribution in [1.29, 1.82) is 0 Å². The minimum atomic E-state index is 0.188. The third-order valence-electron chi connectivity index (χ3n) is 3.42. The molecule has 0 spiro atoms. The fourth-order valence-corrected chi connectivity index (χ4v) is 3.21. The second-order valence-corrected chi connectivity index (χ2v) is 5.64. The third kappa shape index (κ3) is 3.37. The Morgan fingerprint density at radius 2 is 1.79 bits per heavy atom. The van der Waals surface area contributed by atoms with Gasteiger partial charge in [-0.05, 0) is 30.4 Å². The van der Waals surface area contributed by atoms with Crippen molar-refractivity contribution in [1.82, 2.24) is 5.32 Å². The second kappa shape index (κ2) is 6.73. The van der Waals surface area contributed by atoms with E-state index in [1.54, 1.807) is 17.4 Å². The van der Waals surface area contributed by atoms with E-state index in [0.29, 0.717) is 11.8 Å². The number of phenolic OH excluding ortho intramolecular Hbond substituents is 1. The van der Waals surface area contributed by atoms with Crippen LogP contribution in [0.4, 0.5) is 0 Å². The molecule has 0 aliphatic carbocycles. The van der Waals surface area contributed by atoms with Gasteiger partial charge in [0.25, 0.3) is 0 Å². The molecule has 1 aromatic heterocycles. The highest BCUT2D eigenvalue weighted by Gasteiger charge is 2.18. The Kier molecular flexibility index (Phi) is 5.00. The Hall–Kier alpha value is -1.32. The largest absolute Gasteiger partial charge is 0.508 e. The summed E-state index contributed by atoms with van der Waals surface area (Å²) in [5.74, 6) is 0.378. The molecule has 2 N–H and O–H groups in total. The molecular formula is C16H21NOS. The van der Waals surface area contributed by atoms with Crippen molar-refractivity contribution in [2.24, 2.45) is 0 Å². The van der Waals surface area contributed by atoms with Crippen molar-refractivity contribution in [3.05, 3.63) is 52.2 Å². The predicted octanol–water partition coefficient (Wildman–Crippen LogP) is 4.65. The Balaban J connectivity index is 2.17. The summed E-state index contributed by atoms with van der Waals surface area (Å²) in [5, 5.41) is 15.8. The highest BCUT2D eigenvalue weighted by molar-refractivity contribution is 7.10. The quantitative estimate of drug-likeness (QED) is 0.804. The van der Waals surface area contributed by atoms with Crippen molar-refractivity contribution in [2.45, 2.75) is 38.8 Å². The molecule has 0 saturated carbocycles. The second-order valence-electron chi connectivity index (χ2n) is 4.66. The highest BCUT2D eigenvalue weighted by atomic mass is 32.1. The molecular weight excluding hydrogens is 254 g/mol. The van der Waals surface area contributed by atoms with E-state index < -0.39 is 0 Å². The van der Waals surface area contributed by atoms with Gasteiger partial charge in [-0.3, -0.25) is 0 Å². The van der Waals surface area contributed by atoms with E-state index in [2.05, 4.69) is 36.7 Å². The van der Waals surface area contributed by atoms with Crippen LogP contribution in [-0.4, -0.2) is 5.11 Å². The first-order valence-corrected chi connectivity index (χ1v) is 7.71. The lowest BCUT2D eigenvalue weighted by molar-refractivity contribution is 0.405. The summed E-state index contributed by atoms with van der Waals surface area (Å²) in [6.07, 6.45) is 2.00. The summed E-state index contributed by atoms with van der Waals surface area (Å²) in [7, 11) is 0. The molecule has 3 heteroatoms. The Labute approximate surface area is 119 Å². The van der Waals surface area contributed by atoms with Gasteiger partial charge in [0.15, 0.2) is 0 Å². The molecule has 2 rings (SSSR count). The molecule has 0 amide bonds. The molecule has 1 heterocycles. The van der Waals surface area contributed by atoms with E-state index in [-0.39, 0.29) is 6.04 Å². The number of nitrogens with one attached hydrogen (secondary N) is 1. The predicted molar refractivity (Wildman–Crippen MR) is 81.6 cm³/mol. The smallest absolute Gasteiger partial charge is 0.120 e. The third-order valence-corrected chi connectivity index (χ3v) is 4.40. The summed E-state index contributed by atoms with van der Waals surface area (Å²) in [5.41, 5.74) is 0.986. The van der Waals surface area contributed by atoms with Gasteiger partial charge in [0.1, 0.15) is 5.75 Å². The molecule has 0 saturated heterocycles. The van der Waals surface area contributed by atoms with Crippen molar-refractivity contribution >= 4 is 11.3 Å². The minimum absolute atomic E-state index is 0.188. The van der Waals surface area contributed by atoms with E-state index in [4.69, 9.17) is 0 Å². The van der Waals surface area contributed by atoms with Gasteiger partial charge in [0.2, 0.25) is 0 Å². The molecule has 2 aromatic rings. The first kappa shape index (κ1) is 14.1. The lowest BCUT2D eigenvalue weighted by Crippen LogP contribution is -2.25. The molecule has 102 valence electrons. The van der Waals surface area contributed by atoms with E-state index in [9.17, 15) is 5.11 Å². The van der Waals surface area contributed by atoms with Gasteiger partial charge in [-0.15, -0.1) is 11.3 Å². The highest BCUT2D eigenvalue weighted by Crippen LogP contribution is 2.30. The average molecular weight is 275 g/mol. The van der Waals surface area contributed by atoms with Gasteiger partial charge in [0.05, 0.1) is 0 Å². The number of hydrogen-bond donors (Lipinski definition) is 2. The van der Waals surface area contributed by atoms with Gasteiger partial charge in [0, 0.05) is 22.5 Å². The molecule has 0 aliphatic heterocycles. The van der Waals surface area contributed by atoms with Crippen molar-refractivity contribution in [3.63, 3.8) is 0 Å². The zero-order chi connectivity index (χ0) is 13.7. The number of para-hydroxylation sites is 1. The number of hydrogen-bond acceptors (Lipinski definition) is 3.